The van der Waals surface area contributed by atoms with Crippen molar-refractivity contribution in [1.82, 2.24) is 0 Å². The van der Waals surface area contributed by atoms with Crippen molar-refractivity contribution in [3.05, 3.63) is 42.0 Å². The fourth-order valence-electron chi connectivity index (χ4n) is 3.11. The molecule has 0 heterocycles. The average molecular weight is 268 g/mol. The number of hydrogen-bond acceptors (Lipinski definition) is 1. The molecule has 0 N–H and O–H groups in total. The third-order valence-corrected chi connectivity index (χ3v) is 4.55. The summed E-state index contributed by atoms with van der Waals surface area (Å²) in [5.41, 5.74) is 1.40. The van der Waals surface area contributed by atoms with Crippen LogP contribution in [0.5, 0.6) is 5.75 Å². The highest BCUT2D eigenvalue weighted by molar-refractivity contribution is 5.84. The van der Waals surface area contributed by atoms with Crippen LogP contribution in [-0.2, 0) is 6.42 Å². The first-order valence-electron chi connectivity index (χ1n) is 7.94. The van der Waals surface area contributed by atoms with Gasteiger partial charge in [-0.15, -0.1) is 0 Å². The van der Waals surface area contributed by atoms with Gasteiger partial charge in [0.1, 0.15) is 5.75 Å². The maximum Gasteiger partial charge on any atom is 0.120 e. The molecule has 2 aromatic carbocycles. The number of rotatable bonds is 3. The molecular weight excluding hydrogens is 244 g/mol. The van der Waals surface area contributed by atoms with Gasteiger partial charge < -0.3 is 4.74 Å². The third-order valence-electron chi connectivity index (χ3n) is 4.55. The van der Waals surface area contributed by atoms with Gasteiger partial charge >= 0.3 is 0 Å². The molecule has 0 atom stereocenters. The van der Waals surface area contributed by atoms with Crippen molar-refractivity contribution in [2.45, 2.75) is 52.1 Å². The number of fused-ring (bicyclic) bond motifs is 1. The van der Waals surface area contributed by atoms with Crippen molar-refractivity contribution in [1.29, 1.82) is 0 Å². The number of hydrogen-bond donors (Lipinski definition) is 0. The Hall–Kier alpha value is -1.50. The van der Waals surface area contributed by atoms with E-state index in [4.69, 9.17) is 4.74 Å². The van der Waals surface area contributed by atoms with Crippen molar-refractivity contribution >= 4 is 10.8 Å². The molecule has 1 nitrogen and oxygen atoms in total. The molecule has 0 radical (unpaired) electrons. The van der Waals surface area contributed by atoms with Crippen LogP contribution in [0.15, 0.2) is 36.4 Å². The summed E-state index contributed by atoms with van der Waals surface area (Å²) >= 11 is 0. The maximum absolute atomic E-state index is 6.17. The van der Waals surface area contributed by atoms with Gasteiger partial charge in [-0.05, 0) is 66.5 Å². The Labute approximate surface area is 122 Å². The highest BCUT2D eigenvalue weighted by Gasteiger charge is 2.19. The fraction of sp³-hybridized carbons (Fsp3) is 0.474. The summed E-state index contributed by atoms with van der Waals surface area (Å²) in [6.45, 7) is 4.54. The first kappa shape index (κ1) is 13.5. The van der Waals surface area contributed by atoms with Crippen LogP contribution < -0.4 is 4.74 Å². The molecule has 2 aromatic rings. The van der Waals surface area contributed by atoms with E-state index in [0.717, 1.165) is 18.1 Å². The van der Waals surface area contributed by atoms with E-state index < -0.39 is 0 Å². The van der Waals surface area contributed by atoms with Crippen molar-refractivity contribution in [2.75, 3.05) is 0 Å². The lowest BCUT2D eigenvalue weighted by molar-refractivity contribution is 0.136. The molecule has 1 aliphatic rings. The molecule has 1 saturated carbocycles. The highest BCUT2D eigenvalue weighted by atomic mass is 16.5. The lowest BCUT2D eigenvalue weighted by Crippen LogP contribution is -2.22. The predicted octanol–water partition coefficient (Wildman–Crippen LogP) is 5.36. The number of ether oxygens (including phenoxy) is 1. The zero-order valence-electron chi connectivity index (χ0n) is 12.6. The Morgan fingerprint density at radius 3 is 2.40 bits per heavy atom. The molecule has 0 aromatic heterocycles. The standard InChI is InChI=1S/C19H24O/c1-3-15-6-7-17-13-19(11-8-16(17)12-15)20-18-9-4-14(2)5-10-18/h6-8,11-14,18H,3-5,9-10H2,1-2H3. The molecule has 0 amide bonds. The smallest absolute Gasteiger partial charge is 0.120 e. The first-order valence-corrected chi connectivity index (χ1v) is 7.94. The van der Waals surface area contributed by atoms with Gasteiger partial charge in [-0.2, -0.15) is 0 Å². The van der Waals surface area contributed by atoms with Crippen LogP contribution in [0, 0.1) is 5.92 Å². The van der Waals surface area contributed by atoms with Gasteiger partial charge in [0.25, 0.3) is 0 Å². The van der Waals surface area contributed by atoms with Crippen LogP contribution in [0.2, 0.25) is 0 Å². The van der Waals surface area contributed by atoms with Gasteiger partial charge in [-0.25, -0.2) is 0 Å². The van der Waals surface area contributed by atoms with Gasteiger partial charge in [-0.1, -0.05) is 38.1 Å². The first-order chi connectivity index (χ1) is 9.74. The van der Waals surface area contributed by atoms with Crippen molar-refractivity contribution in [3.8, 4) is 5.75 Å². The molecule has 0 aliphatic heterocycles. The van der Waals surface area contributed by atoms with Crippen LogP contribution >= 0.6 is 0 Å². The summed E-state index contributed by atoms with van der Waals surface area (Å²) in [7, 11) is 0. The fourth-order valence-corrected chi connectivity index (χ4v) is 3.11. The number of aryl methyl sites for hydroxylation is 1. The lowest BCUT2D eigenvalue weighted by Gasteiger charge is -2.27. The second kappa shape index (κ2) is 5.87. The molecule has 20 heavy (non-hydrogen) atoms. The van der Waals surface area contributed by atoms with E-state index in [1.54, 1.807) is 0 Å². The lowest BCUT2D eigenvalue weighted by atomic mass is 9.89. The van der Waals surface area contributed by atoms with E-state index in [0.29, 0.717) is 6.10 Å². The van der Waals surface area contributed by atoms with Crippen molar-refractivity contribution < 1.29 is 4.74 Å². The van der Waals surface area contributed by atoms with Gasteiger partial charge in [0.2, 0.25) is 0 Å². The van der Waals surface area contributed by atoms with Crippen molar-refractivity contribution in [3.63, 3.8) is 0 Å². The van der Waals surface area contributed by atoms with Gasteiger partial charge in [0, 0.05) is 0 Å². The van der Waals surface area contributed by atoms with Gasteiger partial charge in [0.15, 0.2) is 0 Å². The second-order valence-electron chi connectivity index (χ2n) is 6.20. The normalized spacial score (nSPS) is 22.9. The molecule has 0 unspecified atom stereocenters. The molecule has 1 fully saturated rings. The molecule has 0 spiro atoms. The van der Waals surface area contributed by atoms with E-state index in [-0.39, 0.29) is 0 Å². The van der Waals surface area contributed by atoms with Crippen molar-refractivity contribution in [2.24, 2.45) is 5.92 Å². The minimum absolute atomic E-state index is 0.415. The summed E-state index contributed by atoms with van der Waals surface area (Å²) in [5.74, 6) is 1.90. The van der Waals surface area contributed by atoms with E-state index in [2.05, 4.69) is 50.2 Å². The molecular formula is C19H24O. The minimum atomic E-state index is 0.415. The van der Waals surface area contributed by atoms with Crippen LogP contribution in [0.4, 0.5) is 0 Å². The molecule has 0 bridgehead atoms. The summed E-state index contributed by atoms with van der Waals surface area (Å²) in [6, 6.07) is 13.2. The SMILES string of the molecule is CCc1ccc2cc(OC3CCC(C)CC3)ccc2c1. The predicted molar refractivity (Wildman–Crippen MR) is 85.4 cm³/mol. The third kappa shape index (κ3) is 2.98. The van der Waals surface area contributed by atoms with Gasteiger partial charge in [-0.3, -0.25) is 0 Å². The van der Waals surface area contributed by atoms with E-state index in [1.807, 2.05) is 0 Å². The van der Waals surface area contributed by atoms with Crippen LogP contribution in [0.3, 0.4) is 0 Å². The molecule has 0 saturated heterocycles. The summed E-state index contributed by atoms with van der Waals surface area (Å²) in [6.07, 6.45) is 6.52. The van der Waals surface area contributed by atoms with Crippen LogP contribution in [0.25, 0.3) is 10.8 Å². The maximum atomic E-state index is 6.17. The summed E-state index contributed by atoms with van der Waals surface area (Å²) in [5, 5.41) is 2.60. The Bertz CT molecular complexity index is 579. The quantitative estimate of drug-likeness (QED) is 0.728. The Balaban J connectivity index is 1.75. The Morgan fingerprint density at radius 1 is 0.950 bits per heavy atom. The summed E-state index contributed by atoms with van der Waals surface area (Å²) < 4.78 is 6.17. The largest absolute Gasteiger partial charge is 0.490 e. The highest BCUT2D eigenvalue weighted by Crippen LogP contribution is 2.29. The molecule has 3 rings (SSSR count). The number of benzene rings is 2. The molecule has 1 aliphatic carbocycles. The zero-order valence-corrected chi connectivity index (χ0v) is 12.6. The van der Waals surface area contributed by atoms with Crippen LogP contribution in [0.1, 0.15) is 45.1 Å². The average Bonchev–Trinajstić information content (AvgIpc) is 2.49. The minimum Gasteiger partial charge on any atom is -0.490 e. The monoisotopic (exact) mass is 268 g/mol. The van der Waals surface area contributed by atoms with Gasteiger partial charge in [0.05, 0.1) is 6.10 Å². The molecule has 106 valence electrons. The topological polar surface area (TPSA) is 9.23 Å². The van der Waals surface area contributed by atoms with E-state index in [9.17, 15) is 0 Å². The molecule has 1 heteroatoms. The second-order valence-corrected chi connectivity index (χ2v) is 6.20. The van der Waals surface area contributed by atoms with E-state index in [1.165, 1.54) is 42.0 Å². The Morgan fingerprint density at radius 2 is 1.65 bits per heavy atom. The van der Waals surface area contributed by atoms with E-state index >= 15 is 0 Å². The van der Waals surface area contributed by atoms with Crippen LogP contribution in [-0.4, -0.2) is 6.10 Å². The Kier molecular flexibility index (Phi) is 3.95. The summed E-state index contributed by atoms with van der Waals surface area (Å²) in [4.78, 5) is 0. The zero-order chi connectivity index (χ0) is 13.9.